The van der Waals surface area contributed by atoms with Gasteiger partial charge in [-0.05, 0) is 31.0 Å². The van der Waals surface area contributed by atoms with Crippen LogP contribution in [0.5, 0.6) is 5.75 Å². The Morgan fingerprint density at radius 2 is 2.00 bits per heavy atom. The first-order chi connectivity index (χ1) is 10.3. The van der Waals surface area contributed by atoms with Crippen LogP contribution < -0.4 is 10.1 Å². The highest BCUT2D eigenvalue weighted by molar-refractivity contribution is 5.95. The zero-order valence-electron chi connectivity index (χ0n) is 11.4. The number of halogens is 3. The molecule has 2 atom stereocenters. The summed E-state index contributed by atoms with van der Waals surface area (Å²) in [4.78, 5) is 23.1. The number of carboxylic acids is 1. The molecular weight excluding hydrogens is 303 g/mol. The number of benzene rings is 1. The topological polar surface area (TPSA) is 75.6 Å². The highest BCUT2D eigenvalue weighted by Gasteiger charge is 2.34. The Labute approximate surface area is 124 Å². The number of ether oxygens (including phenoxy) is 1. The van der Waals surface area contributed by atoms with Crippen LogP contribution in [-0.2, 0) is 4.79 Å². The first-order valence-electron chi connectivity index (χ1n) is 6.66. The second-order valence-electron chi connectivity index (χ2n) is 5.03. The molecule has 1 saturated carbocycles. The number of amides is 1. The number of carbonyl (C=O) groups is 2. The van der Waals surface area contributed by atoms with Gasteiger partial charge in [-0.1, -0.05) is 12.5 Å². The summed E-state index contributed by atoms with van der Waals surface area (Å²) in [6, 6.07) is 4.13. The van der Waals surface area contributed by atoms with E-state index in [2.05, 4.69) is 10.1 Å². The Hall–Kier alpha value is -2.25. The number of nitrogens with one attached hydrogen (secondary N) is 1. The summed E-state index contributed by atoms with van der Waals surface area (Å²) >= 11 is 0. The van der Waals surface area contributed by atoms with Crippen LogP contribution in [0.25, 0.3) is 0 Å². The molecule has 0 bridgehead atoms. The molecule has 22 heavy (non-hydrogen) atoms. The van der Waals surface area contributed by atoms with Crippen molar-refractivity contribution < 1.29 is 32.6 Å². The van der Waals surface area contributed by atoms with Gasteiger partial charge in [0, 0.05) is 11.6 Å². The molecule has 0 heterocycles. The van der Waals surface area contributed by atoms with Crippen molar-refractivity contribution >= 4 is 11.9 Å². The van der Waals surface area contributed by atoms with Gasteiger partial charge >= 0.3 is 12.3 Å². The molecule has 0 saturated heterocycles. The van der Waals surface area contributed by atoms with Crippen molar-refractivity contribution in [1.82, 2.24) is 5.32 Å². The number of carbonyl (C=O) groups excluding carboxylic acids is 1. The zero-order valence-corrected chi connectivity index (χ0v) is 11.4. The number of carboxylic acid groups (broad SMARTS) is 1. The maximum atomic E-state index is 12.2. The van der Waals surface area contributed by atoms with Crippen molar-refractivity contribution in [2.45, 2.75) is 31.7 Å². The third-order valence-corrected chi connectivity index (χ3v) is 3.48. The second kappa shape index (κ2) is 6.25. The van der Waals surface area contributed by atoms with Gasteiger partial charge in [-0.2, -0.15) is 0 Å². The summed E-state index contributed by atoms with van der Waals surface area (Å²) in [6.45, 7) is 0. The summed E-state index contributed by atoms with van der Waals surface area (Å²) in [7, 11) is 0. The van der Waals surface area contributed by atoms with Crippen molar-refractivity contribution in [3.8, 4) is 5.75 Å². The van der Waals surface area contributed by atoms with Crippen LogP contribution in [0.4, 0.5) is 13.2 Å². The zero-order chi connectivity index (χ0) is 16.3. The van der Waals surface area contributed by atoms with Gasteiger partial charge in [0.1, 0.15) is 5.75 Å². The van der Waals surface area contributed by atoms with E-state index in [-0.39, 0.29) is 5.56 Å². The molecule has 120 valence electrons. The van der Waals surface area contributed by atoms with Gasteiger partial charge in [-0.15, -0.1) is 13.2 Å². The minimum Gasteiger partial charge on any atom is -0.481 e. The van der Waals surface area contributed by atoms with Gasteiger partial charge in [-0.3, -0.25) is 9.59 Å². The molecule has 5 nitrogen and oxygen atoms in total. The third kappa shape index (κ3) is 4.12. The molecule has 0 radical (unpaired) electrons. The lowest BCUT2D eigenvalue weighted by molar-refractivity contribution is -0.274. The molecule has 1 aromatic rings. The lowest BCUT2D eigenvalue weighted by atomic mass is 10.0. The molecule has 1 aliphatic rings. The Morgan fingerprint density at radius 1 is 1.27 bits per heavy atom. The Bertz CT molecular complexity index is 573. The maximum Gasteiger partial charge on any atom is 0.573 e. The molecule has 0 aliphatic heterocycles. The first-order valence-corrected chi connectivity index (χ1v) is 6.66. The molecule has 0 spiro atoms. The molecule has 1 fully saturated rings. The van der Waals surface area contributed by atoms with E-state index >= 15 is 0 Å². The smallest absolute Gasteiger partial charge is 0.481 e. The predicted molar refractivity (Wildman–Crippen MR) is 69.4 cm³/mol. The number of hydrogen-bond acceptors (Lipinski definition) is 3. The van der Waals surface area contributed by atoms with Crippen LogP contribution in [-0.4, -0.2) is 29.4 Å². The average molecular weight is 317 g/mol. The minimum atomic E-state index is -4.84. The van der Waals surface area contributed by atoms with E-state index in [1.54, 1.807) is 0 Å². The molecule has 8 heteroatoms. The highest BCUT2D eigenvalue weighted by Crippen LogP contribution is 2.27. The van der Waals surface area contributed by atoms with Crippen molar-refractivity contribution in [2.24, 2.45) is 5.92 Å². The lowest BCUT2D eigenvalue weighted by Crippen LogP contribution is -2.40. The molecule has 2 N–H and O–H groups in total. The molecule has 2 rings (SSSR count). The van der Waals surface area contributed by atoms with Crippen molar-refractivity contribution in [1.29, 1.82) is 0 Å². The van der Waals surface area contributed by atoms with Crippen LogP contribution in [0.3, 0.4) is 0 Å². The summed E-state index contributed by atoms with van der Waals surface area (Å²) in [5, 5.41) is 11.6. The third-order valence-electron chi connectivity index (χ3n) is 3.48. The molecule has 1 aromatic carbocycles. The summed E-state index contributed by atoms with van der Waals surface area (Å²) in [6.07, 6.45) is -3.16. The van der Waals surface area contributed by atoms with Gasteiger partial charge in [0.2, 0.25) is 0 Å². The number of aliphatic carboxylic acids is 1. The molecule has 0 aromatic heterocycles. The molecule has 1 aliphatic carbocycles. The lowest BCUT2D eigenvalue weighted by Gasteiger charge is -2.18. The Balaban J connectivity index is 2.06. The fourth-order valence-electron chi connectivity index (χ4n) is 2.51. The number of rotatable bonds is 4. The number of alkyl halides is 3. The Morgan fingerprint density at radius 3 is 2.64 bits per heavy atom. The average Bonchev–Trinajstić information content (AvgIpc) is 2.85. The molecule has 1 amide bonds. The van der Waals surface area contributed by atoms with E-state index in [0.29, 0.717) is 19.3 Å². The fraction of sp³-hybridized carbons (Fsp3) is 0.429. The monoisotopic (exact) mass is 317 g/mol. The SMILES string of the molecule is O=C(N[C@H]1CCC[C@H]1C(=O)O)c1cccc(OC(F)(F)F)c1. The number of hydrogen-bond donors (Lipinski definition) is 2. The van der Waals surface area contributed by atoms with Gasteiger partial charge in [0.15, 0.2) is 0 Å². The van der Waals surface area contributed by atoms with E-state index in [1.165, 1.54) is 12.1 Å². The van der Waals surface area contributed by atoms with Gasteiger partial charge in [0.05, 0.1) is 5.92 Å². The van der Waals surface area contributed by atoms with Crippen LogP contribution in [0.1, 0.15) is 29.6 Å². The standard InChI is InChI=1S/C14H14F3NO4/c15-14(16,17)22-9-4-1-3-8(7-9)12(19)18-11-6-2-5-10(11)13(20)21/h1,3-4,7,10-11H,2,5-6H2,(H,18,19)(H,20,21)/t10-,11+/m1/s1. The van der Waals surface area contributed by atoms with E-state index in [1.807, 2.05) is 0 Å². The maximum absolute atomic E-state index is 12.2. The first kappa shape index (κ1) is 16.1. The van der Waals surface area contributed by atoms with Crippen molar-refractivity contribution in [3.05, 3.63) is 29.8 Å². The molecular formula is C14H14F3NO4. The van der Waals surface area contributed by atoms with Crippen LogP contribution in [0.2, 0.25) is 0 Å². The van der Waals surface area contributed by atoms with Gasteiger partial charge in [0.25, 0.3) is 5.91 Å². The van der Waals surface area contributed by atoms with Crippen molar-refractivity contribution in [3.63, 3.8) is 0 Å². The normalized spacial score (nSPS) is 21.4. The second-order valence-corrected chi connectivity index (χ2v) is 5.03. The van der Waals surface area contributed by atoms with Crippen LogP contribution in [0.15, 0.2) is 24.3 Å². The van der Waals surface area contributed by atoms with Crippen LogP contribution in [0, 0.1) is 5.92 Å². The minimum absolute atomic E-state index is 0.0159. The highest BCUT2D eigenvalue weighted by atomic mass is 19.4. The van der Waals surface area contributed by atoms with Gasteiger partial charge in [-0.25, -0.2) is 0 Å². The summed E-state index contributed by atoms with van der Waals surface area (Å²) in [5.41, 5.74) is -0.0159. The quantitative estimate of drug-likeness (QED) is 0.895. The van der Waals surface area contributed by atoms with E-state index in [9.17, 15) is 22.8 Å². The van der Waals surface area contributed by atoms with E-state index in [0.717, 1.165) is 12.1 Å². The van der Waals surface area contributed by atoms with Crippen LogP contribution >= 0.6 is 0 Å². The fourth-order valence-corrected chi connectivity index (χ4v) is 2.51. The Kier molecular flexibility index (Phi) is 4.58. The predicted octanol–water partition coefficient (Wildman–Crippen LogP) is 2.57. The molecule has 0 unspecified atom stereocenters. The van der Waals surface area contributed by atoms with Gasteiger partial charge < -0.3 is 15.2 Å². The van der Waals surface area contributed by atoms with E-state index in [4.69, 9.17) is 5.11 Å². The van der Waals surface area contributed by atoms with E-state index < -0.39 is 35.9 Å². The van der Waals surface area contributed by atoms with Crippen molar-refractivity contribution in [2.75, 3.05) is 0 Å². The largest absolute Gasteiger partial charge is 0.573 e. The summed E-state index contributed by atoms with van der Waals surface area (Å²) < 4.78 is 40.2. The summed E-state index contributed by atoms with van der Waals surface area (Å²) in [5.74, 6) is -2.78.